The van der Waals surface area contributed by atoms with Crippen molar-refractivity contribution < 1.29 is 29.0 Å². The van der Waals surface area contributed by atoms with Gasteiger partial charge in [-0.05, 0) is 56.3 Å². The summed E-state index contributed by atoms with van der Waals surface area (Å²) in [5.74, 6) is -0.229. The number of amides is 1. The summed E-state index contributed by atoms with van der Waals surface area (Å²) in [5, 5.41) is 11.8. The van der Waals surface area contributed by atoms with E-state index in [1.165, 1.54) is 0 Å². The minimum Gasteiger partial charge on any atom is -0.480 e. The van der Waals surface area contributed by atoms with Crippen LogP contribution < -0.4 is 14.8 Å². The first-order valence-corrected chi connectivity index (χ1v) is 11.0. The van der Waals surface area contributed by atoms with Crippen molar-refractivity contribution in [3.8, 4) is 11.5 Å². The molecule has 1 spiro atoms. The van der Waals surface area contributed by atoms with Gasteiger partial charge in [0.15, 0.2) is 23.4 Å². The maximum absolute atomic E-state index is 12.9. The Bertz CT molecular complexity index is 975. The number of piperidine rings is 1. The number of hydrogen-bond donors (Lipinski definition) is 2. The predicted octanol–water partition coefficient (Wildman–Crippen LogP) is 2.12. The molecule has 2 bridgehead atoms. The van der Waals surface area contributed by atoms with Gasteiger partial charge in [0.05, 0.1) is 0 Å². The van der Waals surface area contributed by atoms with E-state index >= 15 is 0 Å². The van der Waals surface area contributed by atoms with E-state index in [-0.39, 0.29) is 22.9 Å². The molecule has 5 atom stereocenters. The van der Waals surface area contributed by atoms with Crippen molar-refractivity contribution in [2.24, 2.45) is 11.8 Å². The number of carboxylic acid groups (broad SMARTS) is 1. The van der Waals surface area contributed by atoms with Gasteiger partial charge >= 0.3 is 12.1 Å². The van der Waals surface area contributed by atoms with Crippen molar-refractivity contribution >= 4 is 17.8 Å². The largest absolute Gasteiger partial charge is 0.480 e. The van der Waals surface area contributed by atoms with Crippen LogP contribution in [0.25, 0.3) is 0 Å². The van der Waals surface area contributed by atoms with E-state index in [1.807, 2.05) is 6.07 Å². The predicted molar refractivity (Wildman–Crippen MR) is 110 cm³/mol. The number of carbonyl (C=O) groups excluding carboxylic acids is 2. The first kappa shape index (κ1) is 20.3. The van der Waals surface area contributed by atoms with Crippen LogP contribution in [0.15, 0.2) is 12.1 Å². The van der Waals surface area contributed by atoms with E-state index in [0.717, 1.165) is 36.9 Å². The van der Waals surface area contributed by atoms with Gasteiger partial charge in [-0.3, -0.25) is 4.79 Å². The molecular weight excluding hydrogens is 400 g/mol. The third kappa shape index (κ3) is 2.80. The molecule has 0 radical (unpaired) electrons. The molecule has 2 aliphatic heterocycles. The summed E-state index contributed by atoms with van der Waals surface area (Å²) in [5.41, 5.74) is 1.83. The highest BCUT2D eigenvalue weighted by Gasteiger charge is 2.65. The molecule has 1 saturated heterocycles. The number of Topliss-reactive ketones (excluding diaryl/α,β-unsaturated/α-hetero) is 1. The summed E-state index contributed by atoms with van der Waals surface area (Å²) in [7, 11) is 2.15. The number of carboxylic acids is 1. The highest BCUT2D eigenvalue weighted by Crippen LogP contribution is 2.63. The Labute approximate surface area is 180 Å². The molecular formula is C23H28N2O6. The second-order valence-electron chi connectivity index (χ2n) is 9.67. The number of ketones is 1. The van der Waals surface area contributed by atoms with Gasteiger partial charge in [0.1, 0.15) is 6.04 Å². The maximum atomic E-state index is 12.9. The van der Waals surface area contributed by atoms with Gasteiger partial charge in [0, 0.05) is 23.4 Å². The average molecular weight is 428 g/mol. The molecule has 8 nitrogen and oxygen atoms in total. The normalized spacial score (nSPS) is 31.6. The molecule has 1 aromatic rings. The molecule has 8 heteroatoms. The average Bonchev–Trinajstić information content (AvgIpc) is 3.07. The lowest BCUT2D eigenvalue weighted by Gasteiger charge is -2.57. The lowest BCUT2D eigenvalue weighted by molar-refractivity contribution is -0.140. The Hall–Kier alpha value is -2.61. The topological polar surface area (TPSA) is 105 Å². The summed E-state index contributed by atoms with van der Waals surface area (Å²) in [6, 6.07) is 2.99. The molecule has 2 heterocycles. The van der Waals surface area contributed by atoms with Gasteiger partial charge in [-0.1, -0.05) is 19.9 Å². The summed E-state index contributed by atoms with van der Waals surface area (Å²) >= 11 is 0. The highest BCUT2D eigenvalue weighted by atomic mass is 16.6. The fourth-order valence-corrected chi connectivity index (χ4v) is 6.36. The molecule has 1 amide bonds. The first-order valence-electron chi connectivity index (χ1n) is 11.0. The fourth-order valence-electron chi connectivity index (χ4n) is 6.36. The smallest absolute Gasteiger partial charge is 0.413 e. The molecule has 166 valence electrons. The van der Waals surface area contributed by atoms with Crippen LogP contribution in [0, 0.1) is 11.8 Å². The van der Waals surface area contributed by atoms with Crippen molar-refractivity contribution in [2.75, 3.05) is 13.6 Å². The molecule has 2 fully saturated rings. The third-order valence-corrected chi connectivity index (χ3v) is 7.78. The SMILES string of the molecule is CC(C)C(NC(=O)Oc1ccc2c3c1O[C@H]1C(=O)CCC4[C@@H](C2)N(C)CC[C@@]341)C(=O)O. The van der Waals surface area contributed by atoms with Gasteiger partial charge in [0.25, 0.3) is 0 Å². The van der Waals surface area contributed by atoms with E-state index in [4.69, 9.17) is 9.47 Å². The van der Waals surface area contributed by atoms with Gasteiger partial charge in [-0.15, -0.1) is 0 Å². The van der Waals surface area contributed by atoms with Crippen LogP contribution >= 0.6 is 0 Å². The monoisotopic (exact) mass is 428 g/mol. The number of aliphatic carboxylic acids is 1. The number of benzene rings is 1. The number of carbonyl (C=O) groups is 3. The Morgan fingerprint density at radius 3 is 2.84 bits per heavy atom. The van der Waals surface area contributed by atoms with Crippen molar-refractivity contribution in [1.29, 1.82) is 0 Å². The number of nitrogens with one attached hydrogen (secondary N) is 1. The van der Waals surface area contributed by atoms with Gasteiger partial charge < -0.3 is 24.8 Å². The van der Waals surface area contributed by atoms with Crippen LogP contribution in [0.3, 0.4) is 0 Å². The van der Waals surface area contributed by atoms with Crippen molar-refractivity contribution in [3.63, 3.8) is 0 Å². The Morgan fingerprint density at radius 2 is 2.13 bits per heavy atom. The fraction of sp³-hybridized carbons (Fsp3) is 0.609. The van der Waals surface area contributed by atoms with Gasteiger partial charge in [-0.25, -0.2) is 9.59 Å². The molecule has 5 rings (SSSR count). The van der Waals surface area contributed by atoms with Crippen molar-refractivity contribution in [1.82, 2.24) is 10.2 Å². The van der Waals surface area contributed by atoms with Crippen LogP contribution in [0.4, 0.5) is 4.79 Å². The zero-order chi connectivity index (χ0) is 22.1. The summed E-state index contributed by atoms with van der Waals surface area (Å²) in [4.78, 5) is 39.2. The lowest BCUT2D eigenvalue weighted by atomic mass is 9.52. The van der Waals surface area contributed by atoms with Gasteiger partial charge in [0.2, 0.25) is 0 Å². The highest BCUT2D eigenvalue weighted by molar-refractivity contribution is 5.89. The number of likely N-dealkylation sites (N-methyl/N-ethyl adjacent to an activating group) is 1. The molecule has 2 unspecified atom stereocenters. The molecule has 4 aliphatic rings. The zero-order valence-electron chi connectivity index (χ0n) is 18.0. The van der Waals surface area contributed by atoms with E-state index in [1.54, 1.807) is 19.9 Å². The maximum Gasteiger partial charge on any atom is 0.413 e. The van der Waals surface area contributed by atoms with E-state index in [9.17, 15) is 19.5 Å². The summed E-state index contributed by atoms with van der Waals surface area (Å²) < 4.78 is 11.8. The van der Waals surface area contributed by atoms with Crippen molar-refractivity contribution in [2.45, 2.75) is 63.1 Å². The minimum atomic E-state index is -1.12. The quantitative estimate of drug-likeness (QED) is 0.757. The van der Waals surface area contributed by atoms with Crippen LogP contribution in [0.1, 0.15) is 44.2 Å². The molecule has 2 N–H and O–H groups in total. The van der Waals surface area contributed by atoms with Gasteiger partial charge in [-0.2, -0.15) is 0 Å². The standard InChI is InChI=1S/C23H28N2O6/c1-11(2)18(21(27)28)24-22(29)30-16-7-4-12-10-14-13-5-6-15(26)20-23(13,8-9-25(14)3)17(12)19(16)31-20/h4,7,11,13-14,18,20H,5-6,8-10H2,1-3H3,(H,24,29)(H,27,28)/t13?,14-,18?,20+,23+/m1/s1. The van der Waals surface area contributed by atoms with E-state index < -0.39 is 24.2 Å². The lowest BCUT2D eigenvalue weighted by Crippen LogP contribution is -2.65. The second-order valence-corrected chi connectivity index (χ2v) is 9.67. The number of ether oxygens (including phenoxy) is 2. The summed E-state index contributed by atoms with van der Waals surface area (Å²) in [6.07, 6.45) is 1.71. The van der Waals surface area contributed by atoms with Crippen LogP contribution in [-0.2, 0) is 21.4 Å². The number of nitrogens with zero attached hydrogens (tertiary/aromatic N) is 1. The molecule has 1 aromatic carbocycles. The Morgan fingerprint density at radius 1 is 1.35 bits per heavy atom. The molecule has 31 heavy (non-hydrogen) atoms. The number of rotatable bonds is 4. The number of likely N-dealkylation sites (tertiary alicyclic amines) is 1. The third-order valence-electron chi connectivity index (χ3n) is 7.78. The molecule has 1 saturated carbocycles. The molecule has 2 aliphatic carbocycles. The Balaban J connectivity index is 1.52. The van der Waals surface area contributed by atoms with E-state index in [2.05, 4.69) is 17.3 Å². The summed E-state index contributed by atoms with van der Waals surface area (Å²) in [6.45, 7) is 4.33. The first-order chi connectivity index (χ1) is 14.7. The second kappa shape index (κ2) is 6.95. The van der Waals surface area contributed by atoms with Crippen LogP contribution in [-0.4, -0.2) is 59.6 Å². The molecule has 0 aromatic heterocycles. The van der Waals surface area contributed by atoms with Crippen molar-refractivity contribution in [3.05, 3.63) is 23.3 Å². The Kier molecular flexibility index (Phi) is 4.55. The van der Waals surface area contributed by atoms with Crippen LogP contribution in [0.5, 0.6) is 11.5 Å². The van der Waals surface area contributed by atoms with Crippen LogP contribution in [0.2, 0.25) is 0 Å². The number of hydrogen-bond acceptors (Lipinski definition) is 6. The zero-order valence-corrected chi connectivity index (χ0v) is 18.0. The minimum absolute atomic E-state index is 0.116. The van der Waals surface area contributed by atoms with E-state index in [0.29, 0.717) is 24.1 Å².